The Morgan fingerprint density at radius 3 is 2.60 bits per heavy atom. The molecule has 4 N–H and O–H groups in total. The van der Waals surface area contributed by atoms with Crippen LogP contribution in [0.2, 0.25) is 0 Å². The lowest BCUT2D eigenvalue weighted by Crippen LogP contribution is -2.58. The van der Waals surface area contributed by atoms with Crippen molar-refractivity contribution in [3.63, 3.8) is 0 Å². The van der Waals surface area contributed by atoms with Crippen LogP contribution in [0.15, 0.2) is 63.3 Å². The summed E-state index contributed by atoms with van der Waals surface area (Å²) in [6, 6.07) is 10.4. The SMILES string of the molecule is COc1cc(CO)cc2c1O[C@@H]1[C@@H](O)[C@H](N(C(=O)c3cc4ccccc4oc3=O)C3CCCC3)C=C(C(=O)NCCO)[C@H]21. The predicted molar refractivity (Wildman–Crippen MR) is 155 cm³/mol. The van der Waals surface area contributed by atoms with Gasteiger partial charge in [-0.1, -0.05) is 31.0 Å². The summed E-state index contributed by atoms with van der Waals surface area (Å²) >= 11 is 0. The molecule has 2 aromatic carbocycles. The van der Waals surface area contributed by atoms with Gasteiger partial charge >= 0.3 is 5.63 Å². The number of benzene rings is 2. The molecular formula is C32H34N2O9. The van der Waals surface area contributed by atoms with Crippen LogP contribution in [0.4, 0.5) is 0 Å². The molecule has 4 atom stereocenters. The van der Waals surface area contributed by atoms with Gasteiger partial charge in [-0.3, -0.25) is 9.59 Å². The van der Waals surface area contributed by atoms with Crippen LogP contribution in [-0.2, 0) is 11.4 Å². The van der Waals surface area contributed by atoms with Crippen LogP contribution in [0.1, 0.15) is 53.1 Å². The van der Waals surface area contributed by atoms with Crippen molar-refractivity contribution in [3.8, 4) is 11.5 Å². The van der Waals surface area contributed by atoms with E-state index < -0.39 is 41.6 Å². The minimum absolute atomic E-state index is 0.00208. The van der Waals surface area contributed by atoms with E-state index in [0.29, 0.717) is 46.4 Å². The summed E-state index contributed by atoms with van der Waals surface area (Å²) in [4.78, 5) is 42.4. The number of aliphatic hydroxyl groups excluding tert-OH is 3. The second kappa shape index (κ2) is 11.8. The largest absolute Gasteiger partial charge is 0.493 e. The first-order chi connectivity index (χ1) is 20.9. The predicted octanol–water partition coefficient (Wildman–Crippen LogP) is 2.00. The molecule has 226 valence electrons. The molecule has 1 aromatic heterocycles. The zero-order chi connectivity index (χ0) is 30.2. The number of nitrogens with one attached hydrogen (secondary N) is 1. The Bertz CT molecular complexity index is 1640. The first kappa shape index (κ1) is 28.9. The molecule has 11 heteroatoms. The summed E-state index contributed by atoms with van der Waals surface area (Å²) in [6.45, 7) is -0.558. The first-order valence-corrected chi connectivity index (χ1v) is 14.5. The van der Waals surface area contributed by atoms with Crippen LogP contribution in [0, 0.1) is 0 Å². The Morgan fingerprint density at radius 2 is 1.88 bits per heavy atom. The number of carbonyl (C=O) groups is 2. The highest BCUT2D eigenvalue weighted by molar-refractivity contribution is 5.99. The summed E-state index contributed by atoms with van der Waals surface area (Å²) in [6.07, 6.45) is 2.37. The van der Waals surface area contributed by atoms with E-state index in [2.05, 4.69) is 5.32 Å². The number of hydrogen-bond donors (Lipinski definition) is 4. The molecule has 6 rings (SSSR count). The van der Waals surface area contributed by atoms with E-state index in [0.717, 1.165) is 12.8 Å². The Hall–Kier alpha value is -4.19. The average molecular weight is 591 g/mol. The van der Waals surface area contributed by atoms with Crippen molar-refractivity contribution in [1.82, 2.24) is 10.2 Å². The Morgan fingerprint density at radius 1 is 1.12 bits per heavy atom. The second-order valence-corrected chi connectivity index (χ2v) is 11.2. The van der Waals surface area contributed by atoms with Crippen LogP contribution in [0.5, 0.6) is 11.5 Å². The number of fused-ring (bicyclic) bond motifs is 4. The van der Waals surface area contributed by atoms with Gasteiger partial charge in [-0.2, -0.15) is 0 Å². The number of aliphatic hydroxyl groups is 3. The standard InChI is InChI=1S/C32H34N2O9/c1-41-25-13-17(16-36)12-20-26-21(30(38)33-10-11-35)15-23(27(37)29(26)43-28(20)25)34(19-7-3-4-8-19)31(39)22-14-18-6-2-5-9-24(18)42-32(22)40/h2,5-6,9,12-15,19,23,26-27,29,35-37H,3-4,7-8,10-11,16H2,1H3,(H,33,38)/t23-,26+,27+,29+/m1/s1. The van der Waals surface area contributed by atoms with Crippen LogP contribution >= 0.6 is 0 Å². The number of amides is 2. The fraction of sp³-hybridized carbons (Fsp3) is 0.406. The lowest BCUT2D eigenvalue weighted by molar-refractivity contribution is -0.118. The highest BCUT2D eigenvalue weighted by atomic mass is 16.5. The quantitative estimate of drug-likeness (QED) is 0.288. The second-order valence-electron chi connectivity index (χ2n) is 11.2. The van der Waals surface area contributed by atoms with Gasteiger partial charge in [0.2, 0.25) is 5.91 Å². The third-order valence-corrected chi connectivity index (χ3v) is 8.64. The minimum Gasteiger partial charge on any atom is -0.493 e. The molecule has 1 aliphatic heterocycles. The van der Waals surface area contributed by atoms with Crippen LogP contribution < -0.4 is 20.4 Å². The summed E-state index contributed by atoms with van der Waals surface area (Å²) in [5.41, 5.74) is 0.747. The number of para-hydroxylation sites is 1. The van der Waals surface area contributed by atoms with E-state index in [4.69, 9.17) is 13.9 Å². The van der Waals surface area contributed by atoms with Gasteiger partial charge in [-0.05, 0) is 48.7 Å². The molecule has 0 unspecified atom stereocenters. The minimum atomic E-state index is -1.29. The lowest BCUT2D eigenvalue weighted by Gasteiger charge is -2.43. The highest BCUT2D eigenvalue weighted by Gasteiger charge is 2.52. The van der Waals surface area contributed by atoms with E-state index in [1.54, 1.807) is 42.5 Å². The third-order valence-electron chi connectivity index (χ3n) is 8.64. The average Bonchev–Trinajstić information content (AvgIpc) is 3.69. The van der Waals surface area contributed by atoms with Gasteiger partial charge in [-0.15, -0.1) is 0 Å². The summed E-state index contributed by atoms with van der Waals surface area (Å²) in [5, 5.41) is 34.5. The van der Waals surface area contributed by atoms with Crippen molar-refractivity contribution in [2.24, 2.45) is 0 Å². The number of hydrogen-bond acceptors (Lipinski definition) is 9. The molecular weight excluding hydrogens is 556 g/mol. The van der Waals surface area contributed by atoms with E-state index in [9.17, 15) is 29.7 Å². The van der Waals surface area contributed by atoms with E-state index in [1.165, 1.54) is 18.1 Å². The van der Waals surface area contributed by atoms with Gasteiger partial charge in [0.15, 0.2) is 11.5 Å². The van der Waals surface area contributed by atoms with Gasteiger partial charge in [0.25, 0.3) is 5.91 Å². The fourth-order valence-corrected chi connectivity index (χ4v) is 6.67. The summed E-state index contributed by atoms with van der Waals surface area (Å²) in [5.74, 6) is -1.16. The molecule has 2 heterocycles. The molecule has 1 fully saturated rings. The highest BCUT2D eigenvalue weighted by Crippen LogP contribution is 2.52. The molecule has 2 aliphatic carbocycles. The Labute approximate surface area is 247 Å². The molecule has 0 radical (unpaired) electrons. The van der Waals surface area contributed by atoms with E-state index in [1.807, 2.05) is 0 Å². The monoisotopic (exact) mass is 590 g/mol. The molecule has 0 spiro atoms. The lowest BCUT2D eigenvalue weighted by atomic mass is 9.76. The van der Waals surface area contributed by atoms with Gasteiger partial charge in [-0.25, -0.2) is 4.79 Å². The number of methoxy groups -OCH3 is 1. The molecule has 0 saturated heterocycles. The van der Waals surface area contributed by atoms with Crippen molar-refractivity contribution in [3.05, 3.63) is 81.2 Å². The Balaban J connectivity index is 1.48. The third kappa shape index (κ3) is 5.07. The normalized spacial score (nSPS) is 22.8. The summed E-state index contributed by atoms with van der Waals surface area (Å²) in [7, 11) is 1.46. The van der Waals surface area contributed by atoms with Crippen molar-refractivity contribution in [2.45, 2.75) is 62.5 Å². The number of nitrogens with zero attached hydrogens (tertiary/aromatic N) is 1. The van der Waals surface area contributed by atoms with Crippen LogP contribution in [-0.4, -0.2) is 76.6 Å². The molecule has 3 aromatic rings. The van der Waals surface area contributed by atoms with E-state index >= 15 is 0 Å². The first-order valence-electron chi connectivity index (χ1n) is 14.5. The zero-order valence-corrected chi connectivity index (χ0v) is 23.7. The maximum Gasteiger partial charge on any atom is 0.349 e. The molecule has 11 nitrogen and oxygen atoms in total. The van der Waals surface area contributed by atoms with Crippen molar-refractivity contribution >= 4 is 22.8 Å². The topological polar surface area (TPSA) is 159 Å². The van der Waals surface area contributed by atoms with Crippen LogP contribution in [0.25, 0.3) is 11.0 Å². The fourth-order valence-electron chi connectivity index (χ4n) is 6.67. The maximum atomic E-state index is 14.3. The van der Waals surface area contributed by atoms with Gasteiger partial charge in [0.1, 0.15) is 23.4 Å². The molecule has 1 saturated carbocycles. The van der Waals surface area contributed by atoms with E-state index in [-0.39, 0.29) is 36.9 Å². The number of carbonyl (C=O) groups excluding carboxylic acids is 2. The van der Waals surface area contributed by atoms with Gasteiger partial charge in [0.05, 0.1) is 32.3 Å². The summed E-state index contributed by atoms with van der Waals surface area (Å²) < 4.78 is 17.3. The van der Waals surface area contributed by atoms with Crippen molar-refractivity contribution in [1.29, 1.82) is 0 Å². The zero-order valence-electron chi connectivity index (χ0n) is 23.7. The molecule has 0 bridgehead atoms. The smallest absolute Gasteiger partial charge is 0.349 e. The molecule has 2 amide bonds. The number of rotatable bonds is 8. The van der Waals surface area contributed by atoms with Gasteiger partial charge < -0.3 is 39.4 Å². The van der Waals surface area contributed by atoms with Crippen molar-refractivity contribution < 1.29 is 38.8 Å². The Kier molecular flexibility index (Phi) is 7.95. The molecule has 43 heavy (non-hydrogen) atoms. The molecule has 3 aliphatic rings. The van der Waals surface area contributed by atoms with Gasteiger partial charge in [0, 0.05) is 29.1 Å². The van der Waals surface area contributed by atoms with Crippen LogP contribution in [0.3, 0.4) is 0 Å². The number of ether oxygens (including phenoxy) is 2. The maximum absolute atomic E-state index is 14.3. The van der Waals surface area contributed by atoms with Crippen molar-refractivity contribution in [2.75, 3.05) is 20.3 Å².